The lowest BCUT2D eigenvalue weighted by molar-refractivity contribution is -0.123. The van der Waals surface area contributed by atoms with Gasteiger partial charge in [0.05, 0.1) is 17.8 Å². The second-order valence-corrected chi connectivity index (χ2v) is 7.94. The quantitative estimate of drug-likeness (QED) is 0.590. The molecule has 0 bridgehead atoms. The number of hydrogen-bond donors (Lipinski definition) is 0. The van der Waals surface area contributed by atoms with E-state index in [0.29, 0.717) is 17.9 Å². The molecule has 2 aliphatic rings. The van der Waals surface area contributed by atoms with Crippen molar-refractivity contribution in [1.82, 2.24) is 5.01 Å². The molecule has 0 N–H and O–H groups in total. The number of urea groups is 1. The molecule has 3 aromatic rings. The summed E-state index contributed by atoms with van der Waals surface area (Å²) < 4.78 is 0. The Morgan fingerprint density at radius 2 is 1.33 bits per heavy atom. The summed E-state index contributed by atoms with van der Waals surface area (Å²) in [7, 11) is 0. The maximum absolute atomic E-state index is 13.8. The summed E-state index contributed by atoms with van der Waals surface area (Å²) in [5, 5.41) is 6.18. The van der Waals surface area contributed by atoms with Gasteiger partial charge in [0.15, 0.2) is 0 Å². The van der Waals surface area contributed by atoms with E-state index in [1.54, 1.807) is 27.6 Å². The van der Waals surface area contributed by atoms with Crippen molar-refractivity contribution in [3.8, 4) is 0 Å². The third-order valence-electron chi connectivity index (χ3n) is 5.12. The van der Waals surface area contributed by atoms with Gasteiger partial charge in [-0.15, -0.1) is 0 Å². The molecule has 2 heterocycles. The van der Waals surface area contributed by atoms with E-state index in [4.69, 9.17) is 0 Å². The summed E-state index contributed by atoms with van der Waals surface area (Å²) >= 11 is 1.24. The number of amides is 3. The Bertz CT molecular complexity index is 1110. The van der Waals surface area contributed by atoms with Gasteiger partial charge in [-0.3, -0.25) is 9.69 Å². The number of carbonyl (C=O) groups excluding carboxylic acids is 2. The fraction of sp³-hybridized carbons (Fsp3) is 0.0870. The van der Waals surface area contributed by atoms with Crippen molar-refractivity contribution in [2.75, 3.05) is 9.80 Å². The summed E-state index contributed by atoms with van der Waals surface area (Å²) in [4.78, 5) is 28.9. The lowest BCUT2D eigenvalue weighted by Gasteiger charge is -2.37. The Kier molecular flexibility index (Phi) is 4.52. The molecule has 1 spiro atoms. The van der Waals surface area contributed by atoms with Crippen LogP contribution in [0.3, 0.4) is 0 Å². The van der Waals surface area contributed by atoms with Crippen molar-refractivity contribution >= 4 is 40.6 Å². The van der Waals surface area contributed by atoms with Crippen molar-refractivity contribution in [1.29, 1.82) is 0 Å². The highest BCUT2D eigenvalue weighted by Crippen LogP contribution is 2.47. The molecule has 148 valence electrons. The van der Waals surface area contributed by atoms with Gasteiger partial charge in [-0.2, -0.15) is 5.10 Å². The van der Waals surface area contributed by atoms with Crippen LogP contribution in [0.1, 0.15) is 5.56 Å². The van der Waals surface area contributed by atoms with E-state index in [2.05, 4.69) is 5.10 Å². The minimum atomic E-state index is -1.32. The largest absolute Gasteiger partial charge is 0.339 e. The Morgan fingerprint density at radius 1 is 0.767 bits per heavy atom. The first-order valence-electron chi connectivity index (χ1n) is 9.52. The van der Waals surface area contributed by atoms with Gasteiger partial charge in [0.1, 0.15) is 0 Å². The van der Waals surface area contributed by atoms with Crippen LogP contribution < -0.4 is 9.80 Å². The number of rotatable bonds is 4. The van der Waals surface area contributed by atoms with Gasteiger partial charge in [0.25, 0.3) is 10.9 Å². The minimum absolute atomic E-state index is 0.332. The van der Waals surface area contributed by atoms with Crippen LogP contribution in [0.5, 0.6) is 0 Å². The molecule has 1 atom stereocenters. The molecular formula is C23H18N4O2S. The van der Waals surface area contributed by atoms with Crippen molar-refractivity contribution in [3.63, 3.8) is 0 Å². The zero-order chi connectivity index (χ0) is 20.6. The number of imide groups is 1. The summed E-state index contributed by atoms with van der Waals surface area (Å²) in [6.07, 6.45) is 0. The molecule has 3 amide bonds. The number of carbonyl (C=O) groups is 2. The van der Waals surface area contributed by atoms with Crippen LogP contribution >= 0.6 is 11.8 Å². The van der Waals surface area contributed by atoms with Crippen LogP contribution in [-0.2, 0) is 11.3 Å². The second-order valence-electron chi connectivity index (χ2n) is 6.92. The zero-order valence-corrected chi connectivity index (χ0v) is 16.8. The molecule has 1 fully saturated rings. The molecule has 3 aromatic carbocycles. The average molecular weight is 414 g/mol. The highest BCUT2D eigenvalue weighted by molar-refractivity contribution is 8.14. The second kappa shape index (κ2) is 7.35. The summed E-state index contributed by atoms with van der Waals surface area (Å²) in [5.41, 5.74) is 3.82. The number of thioether (sulfide) groups is 1. The molecule has 6 nitrogen and oxygen atoms in total. The minimum Gasteiger partial charge on any atom is -0.268 e. The van der Waals surface area contributed by atoms with Crippen LogP contribution in [0.2, 0.25) is 0 Å². The number of benzene rings is 3. The summed E-state index contributed by atoms with van der Waals surface area (Å²) in [5.74, 6) is -0.332. The zero-order valence-electron chi connectivity index (χ0n) is 16.0. The molecular weight excluding hydrogens is 396 g/mol. The van der Waals surface area contributed by atoms with E-state index in [1.807, 2.05) is 78.9 Å². The molecule has 0 aromatic heterocycles. The molecule has 5 rings (SSSR count). The first-order chi connectivity index (χ1) is 14.7. The molecule has 30 heavy (non-hydrogen) atoms. The number of anilines is 2. The van der Waals surface area contributed by atoms with E-state index in [0.717, 1.165) is 5.56 Å². The standard InChI is InChI=1S/C23H18N4O2S/c28-21-23(25(24-17-30-23)16-18-10-4-1-5-11-18)27(20-14-8-3-9-15-20)22(29)26(21)19-12-6-2-7-13-19/h1-15,17H,16H2/t23-/m1/s1. The predicted octanol–water partition coefficient (Wildman–Crippen LogP) is 4.51. The SMILES string of the molecule is O=C1N(c2ccccc2)C(=O)[C@]2(SC=NN2Cc2ccccc2)N1c1ccccc1. The van der Waals surface area contributed by atoms with E-state index < -0.39 is 11.0 Å². The Balaban J connectivity index is 1.63. The number of para-hydroxylation sites is 2. The molecule has 7 heteroatoms. The van der Waals surface area contributed by atoms with Gasteiger partial charge < -0.3 is 0 Å². The van der Waals surface area contributed by atoms with Gasteiger partial charge >= 0.3 is 6.03 Å². The van der Waals surface area contributed by atoms with Gasteiger partial charge in [0.2, 0.25) is 0 Å². The number of hydrazone groups is 1. The fourth-order valence-electron chi connectivity index (χ4n) is 3.75. The summed E-state index contributed by atoms with van der Waals surface area (Å²) in [6, 6.07) is 27.7. The monoisotopic (exact) mass is 414 g/mol. The van der Waals surface area contributed by atoms with E-state index in [9.17, 15) is 9.59 Å². The van der Waals surface area contributed by atoms with Crippen molar-refractivity contribution < 1.29 is 9.59 Å². The van der Waals surface area contributed by atoms with Crippen LogP contribution in [0.15, 0.2) is 96.1 Å². The van der Waals surface area contributed by atoms with E-state index >= 15 is 0 Å². The number of hydrogen-bond acceptors (Lipinski definition) is 5. The Hall–Kier alpha value is -3.58. The maximum Gasteiger partial charge on any atom is 0.339 e. The predicted molar refractivity (Wildman–Crippen MR) is 119 cm³/mol. The van der Waals surface area contributed by atoms with Crippen LogP contribution in [0, 0.1) is 0 Å². The number of nitrogens with zero attached hydrogens (tertiary/aromatic N) is 4. The van der Waals surface area contributed by atoms with Crippen LogP contribution in [0.4, 0.5) is 16.2 Å². The summed E-state index contributed by atoms with van der Waals surface area (Å²) in [6.45, 7) is 0.398. The first kappa shape index (κ1) is 18.4. The van der Waals surface area contributed by atoms with Gasteiger partial charge in [-0.05, 0) is 41.6 Å². The van der Waals surface area contributed by atoms with Crippen LogP contribution in [-0.4, -0.2) is 27.5 Å². The third-order valence-corrected chi connectivity index (χ3v) is 6.22. The Labute approximate surface area is 178 Å². The van der Waals surface area contributed by atoms with Crippen LogP contribution in [0.25, 0.3) is 0 Å². The lowest BCUT2D eigenvalue weighted by atomic mass is 10.2. The molecule has 0 saturated carbocycles. The molecule has 0 unspecified atom stereocenters. The van der Waals surface area contributed by atoms with Gasteiger partial charge in [0, 0.05) is 5.69 Å². The average Bonchev–Trinajstić information content (AvgIpc) is 3.29. The smallest absolute Gasteiger partial charge is 0.268 e. The first-order valence-corrected chi connectivity index (χ1v) is 10.4. The topological polar surface area (TPSA) is 56.2 Å². The third kappa shape index (κ3) is 2.78. The fourth-order valence-corrected chi connectivity index (χ4v) is 4.77. The van der Waals surface area contributed by atoms with Gasteiger partial charge in [-0.1, -0.05) is 66.7 Å². The Morgan fingerprint density at radius 3 is 1.97 bits per heavy atom. The normalized spacial score (nSPS) is 20.6. The lowest BCUT2D eigenvalue weighted by Crippen LogP contribution is -2.56. The molecule has 2 aliphatic heterocycles. The molecule has 0 aliphatic carbocycles. The maximum atomic E-state index is 13.8. The van der Waals surface area contributed by atoms with Gasteiger partial charge in [-0.25, -0.2) is 14.7 Å². The highest BCUT2D eigenvalue weighted by Gasteiger charge is 2.64. The van der Waals surface area contributed by atoms with Crippen molar-refractivity contribution in [2.24, 2.45) is 5.10 Å². The van der Waals surface area contributed by atoms with Crippen molar-refractivity contribution in [3.05, 3.63) is 96.6 Å². The molecule has 1 saturated heterocycles. The molecule has 0 radical (unpaired) electrons. The van der Waals surface area contributed by atoms with E-state index in [1.165, 1.54) is 16.7 Å². The van der Waals surface area contributed by atoms with E-state index in [-0.39, 0.29) is 5.91 Å². The van der Waals surface area contributed by atoms with Crippen molar-refractivity contribution in [2.45, 2.75) is 11.5 Å². The highest BCUT2D eigenvalue weighted by atomic mass is 32.2.